The van der Waals surface area contributed by atoms with Gasteiger partial charge < -0.3 is 10.6 Å². The first-order valence-corrected chi connectivity index (χ1v) is 7.56. The van der Waals surface area contributed by atoms with Crippen molar-refractivity contribution in [3.05, 3.63) is 0 Å². The highest BCUT2D eigenvalue weighted by Gasteiger charge is 2.44. The van der Waals surface area contributed by atoms with Crippen molar-refractivity contribution in [2.24, 2.45) is 17.1 Å². The summed E-state index contributed by atoms with van der Waals surface area (Å²) in [4.78, 5) is 15.2. The average Bonchev–Trinajstić information content (AvgIpc) is 2.39. The summed E-state index contributed by atoms with van der Waals surface area (Å²) in [5, 5.41) is 0. The van der Waals surface area contributed by atoms with Gasteiger partial charge in [0.25, 0.3) is 0 Å². The maximum atomic E-state index is 12.8. The van der Waals surface area contributed by atoms with E-state index in [4.69, 9.17) is 18.0 Å². The third kappa shape index (κ3) is 2.53. The van der Waals surface area contributed by atoms with Gasteiger partial charge in [-0.1, -0.05) is 38.4 Å². The van der Waals surface area contributed by atoms with Crippen molar-refractivity contribution in [3.8, 4) is 0 Å². The summed E-state index contributed by atoms with van der Waals surface area (Å²) >= 11 is 5.23. The predicted molar refractivity (Wildman–Crippen MR) is 77.3 cm³/mol. The van der Waals surface area contributed by atoms with Crippen LogP contribution in [0.3, 0.4) is 0 Å². The van der Waals surface area contributed by atoms with Crippen LogP contribution < -0.4 is 5.73 Å². The van der Waals surface area contributed by atoms with Crippen LogP contribution in [0.5, 0.6) is 0 Å². The molecule has 2 fully saturated rings. The van der Waals surface area contributed by atoms with Gasteiger partial charge in [0.2, 0.25) is 5.91 Å². The lowest BCUT2D eigenvalue weighted by Crippen LogP contribution is -2.53. The Bertz CT molecular complexity index is 329. The van der Waals surface area contributed by atoms with E-state index in [1.807, 2.05) is 4.90 Å². The second kappa shape index (κ2) is 5.55. The first kappa shape index (κ1) is 13.8. The van der Waals surface area contributed by atoms with E-state index >= 15 is 0 Å². The van der Waals surface area contributed by atoms with Crippen molar-refractivity contribution < 1.29 is 4.79 Å². The molecule has 1 saturated carbocycles. The number of hydrogen-bond acceptors (Lipinski definition) is 2. The smallest absolute Gasteiger partial charge is 0.235 e. The van der Waals surface area contributed by atoms with Gasteiger partial charge in [0.05, 0.1) is 10.4 Å². The molecule has 102 valence electrons. The SMILES string of the molecule is CC1CCN(C(=O)C2(C(N)=S)CCCCC2)CC1. The van der Waals surface area contributed by atoms with Crippen LogP contribution in [0.4, 0.5) is 0 Å². The second-order valence-electron chi connectivity index (χ2n) is 5.98. The number of amides is 1. The zero-order chi connectivity index (χ0) is 13.2. The first-order valence-electron chi connectivity index (χ1n) is 7.15. The molecule has 18 heavy (non-hydrogen) atoms. The van der Waals surface area contributed by atoms with E-state index in [1.165, 1.54) is 6.42 Å². The number of piperidine rings is 1. The number of carbonyl (C=O) groups is 1. The molecule has 4 heteroatoms. The molecule has 0 unspecified atom stereocenters. The van der Waals surface area contributed by atoms with E-state index in [9.17, 15) is 4.79 Å². The predicted octanol–water partition coefficient (Wildman–Crippen LogP) is 2.48. The van der Waals surface area contributed by atoms with E-state index in [0.29, 0.717) is 4.99 Å². The van der Waals surface area contributed by atoms with Crippen LogP contribution in [0.15, 0.2) is 0 Å². The third-order valence-electron chi connectivity index (χ3n) is 4.66. The van der Waals surface area contributed by atoms with Gasteiger partial charge in [-0.05, 0) is 31.6 Å². The van der Waals surface area contributed by atoms with Gasteiger partial charge in [0.15, 0.2) is 0 Å². The summed E-state index contributed by atoms with van der Waals surface area (Å²) in [6, 6.07) is 0. The van der Waals surface area contributed by atoms with Gasteiger partial charge in [-0.15, -0.1) is 0 Å². The largest absolute Gasteiger partial charge is 0.392 e. The zero-order valence-corrected chi connectivity index (χ0v) is 12.1. The number of rotatable bonds is 2. The van der Waals surface area contributed by atoms with Gasteiger partial charge in [-0.3, -0.25) is 4.79 Å². The molecule has 0 aromatic rings. The summed E-state index contributed by atoms with van der Waals surface area (Å²) in [5.74, 6) is 0.947. The molecular weight excluding hydrogens is 244 g/mol. The topological polar surface area (TPSA) is 46.3 Å². The zero-order valence-electron chi connectivity index (χ0n) is 11.3. The summed E-state index contributed by atoms with van der Waals surface area (Å²) in [7, 11) is 0. The fourth-order valence-electron chi connectivity index (χ4n) is 3.24. The maximum absolute atomic E-state index is 12.8. The van der Waals surface area contributed by atoms with Crippen molar-refractivity contribution in [3.63, 3.8) is 0 Å². The molecule has 1 amide bonds. The van der Waals surface area contributed by atoms with E-state index in [1.54, 1.807) is 0 Å². The van der Waals surface area contributed by atoms with Crippen LogP contribution in [-0.4, -0.2) is 28.9 Å². The van der Waals surface area contributed by atoms with Crippen LogP contribution in [-0.2, 0) is 4.79 Å². The van der Waals surface area contributed by atoms with E-state index < -0.39 is 5.41 Å². The van der Waals surface area contributed by atoms with E-state index in [0.717, 1.165) is 57.5 Å². The number of likely N-dealkylation sites (tertiary alicyclic amines) is 1. The Morgan fingerprint density at radius 2 is 1.78 bits per heavy atom. The normalized spacial score (nSPS) is 24.8. The third-order valence-corrected chi connectivity index (χ3v) is 5.05. The molecule has 2 aliphatic rings. The molecule has 1 saturated heterocycles. The van der Waals surface area contributed by atoms with Crippen LogP contribution in [0, 0.1) is 11.3 Å². The molecular formula is C14H24N2OS. The lowest BCUT2D eigenvalue weighted by molar-refractivity contribution is -0.141. The fraction of sp³-hybridized carbons (Fsp3) is 0.857. The monoisotopic (exact) mass is 268 g/mol. The summed E-state index contributed by atoms with van der Waals surface area (Å²) in [6.07, 6.45) is 7.29. The molecule has 1 aliphatic heterocycles. The van der Waals surface area contributed by atoms with Gasteiger partial charge in [-0.25, -0.2) is 0 Å². The Kier molecular flexibility index (Phi) is 4.25. The van der Waals surface area contributed by atoms with Crippen molar-refractivity contribution >= 4 is 23.1 Å². The number of nitrogens with zero attached hydrogens (tertiary/aromatic N) is 1. The maximum Gasteiger partial charge on any atom is 0.235 e. The van der Waals surface area contributed by atoms with Crippen LogP contribution in [0.1, 0.15) is 51.9 Å². The Labute approximate surface area is 115 Å². The van der Waals surface area contributed by atoms with E-state index in [2.05, 4.69) is 6.92 Å². The molecule has 0 atom stereocenters. The molecule has 0 aromatic heterocycles. The van der Waals surface area contributed by atoms with Gasteiger partial charge in [-0.2, -0.15) is 0 Å². The van der Waals surface area contributed by atoms with E-state index in [-0.39, 0.29) is 5.91 Å². The fourth-order valence-corrected chi connectivity index (χ4v) is 3.53. The Balaban J connectivity index is 2.11. The van der Waals surface area contributed by atoms with Gasteiger partial charge in [0, 0.05) is 13.1 Å². The van der Waals surface area contributed by atoms with Crippen LogP contribution in [0.2, 0.25) is 0 Å². The average molecular weight is 268 g/mol. The molecule has 1 heterocycles. The first-order chi connectivity index (χ1) is 8.56. The van der Waals surface area contributed by atoms with Crippen molar-refractivity contribution in [2.45, 2.75) is 51.9 Å². The van der Waals surface area contributed by atoms with Crippen molar-refractivity contribution in [1.82, 2.24) is 4.90 Å². The Hall–Kier alpha value is -0.640. The number of thiocarbonyl (C=S) groups is 1. The summed E-state index contributed by atoms with van der Waals surface area (Å²) < 4.78 is 0. The van der Waals surface area contributed by atoms with Crippen LogP contribution in [0.25, 0.3) is 0 Å². The van der Waals surface area contributed by atoms with Gasteiger partial charge >= 0.3 is 0 Å². The summed E-state index contributed by atoms with van der Waals surface area (Å²) in [6.45, 7) is 4.01. The Morgan fingerprint density at radius 3 is 2.28 bits per heavy atom. The minimum atomic E-state index is -0.520. The number of carbonyl (C=O) groups excluding carboxylic acids is 1. The van der Waals surface area contributed by atoms with Crippen LogP contribution >= 0.6 is 12.2 Å². The number of nitrogens with two attached hydrogens (primary N) is 1. The van der Waals surface area contributed by atoms with Crippen molar-refractivity contribution in [2.75, 3.05) is 13.1 Å². The molecule has 1 aliphatic carbocycles. The molecule has 3 nitrogen and oxygen atoms in total. The number of hydrogen-bond donors (Lipinski definition) is 1. The molecule has 0 spiro atoms. The highest BCUT2D eigenvalue weighted by atomic mass is 32.1. The highest BCUT2D eigenvalue weighted by Crippen LogP contribution is 2.39. The van der Waals surface area contributed by atoms with Gasteiger partial charge in [0.1, 0.15) is 0 Å². The molecule has 0 bridgehead atoms. The highest BCUT2D eigenvalue weighted by molar-refractivity contribution is 7.80. The minimum absolute atomic E-state index is 0.210. The lowest BCUT2D eigenvalue weighted by Gasteiger charge is -2.41. The minimum Gasteiger partial charge on any atom is -0.392 e. The quantitative estimate of drug-likeness (QED) is 0.783. The van der Waals surface area contributed by atoms with Crippen molar-refractivity contribution in [1.29, 1.82) is 0 Å². The molecule has 2 rings (SSSR count). The second-order valence-corrected chi connectivity index (χ2v) is 6.42. The lowest BCUT2D eigenvalue weighted by atomic mass is 9.72. The standard InChI is InChI=1S/C14H24N2OS/c1-11-5-9-16(10-6-11)13(17)14(12(15)18)7-3-2-4-8-14/h11H,2-10H2,1H3,(H2,15,18). The molecule has 2 N–H and O–H groups in total. The molecule has 0 radical (unpaired) electrons. The molecule has 0 aromatic carbocycles. The summed E-state index contributed by atoms with van der Waals surface area (Å²) in [5.41, 5.74) is 5.40. The Morgan fingerprint density at radius 1 is 1.22 bits per heavy atom.